The first-order valence-corrected chi connectivity index (χ1v) is 11.0. The number of anilines is 1. The predicted molar refractivity (Wildman–Crippen MR) is 102 cm³/mol. The van der Waals surface area contributed by atoms with E-state index in [0.29, 0.717) is 23.6 Å². The van der Waals surface area contributed by atoms with Crippen LogP contribution in [0.4, 0.5) is 5.13 Å². The number of carbonyl (C=O) groups excluding carboxylic acids is 1. The number of hydrogen-bond donors (Lipinski definition) is 2. The third kappa shape index (κ3) is 5.56. The fourth-order valence-corrected chi connectivity index (χ4v) is 5.08. The van der Waals surface area contributed by atoms with Crippen LogP contribution in [0.25, 0.3) is 0 Å². The lowest BCUT2D eigenvalue weighted by atomic mass is 9.78. The Kier molecular flexibility index (Phi) is 6.95. The summed E-state index contributed by atoms with van der Waals surface area (Å²) in [5.74, 6) is 1.74. The maximum absolute atomic E-state index is 12.2. The van der Waals surface area contributed by atoms with Crippen LogP contribution in [-0.4, -0.2) is 47.2 Å². The first-order valence-electron chi connectivity index (χ1n) is 9.23. The fourth-order valence-electron chi connectivity index (χ4n) is 3.51. The molecule has 4 unspecified atom stereocenters. The number of rotatable bonds is 7. The Balaban J connectivity index is 1.38. The third-order valence-corrected chi connectivity index (χ3v) is 7.31. The smallest absolute Gasteiger partial charge is 0.230 e. The van der Waals surface area contributed by atoms with E-state index in [-0.39, 0.29) is 12.0 Å². The topological polar surface area (TPSA) is 76.1 Å². The summed E-state index contributed by atoms with van der Waals surface area (Å²) >= 11 is 2.96. The van der Waals surface area contributed by atoms with Crippen molar-refractivity contribution in [3.05, 3.63) is 0 Å². The van der Waals surface area contributed by atoms with Crippen LogP contribution in [0.1, 0.15) is 46.0 Å². The van der Waals surface area contributed by atoms with Crippen LogP contribution in [0, 0.1) is 11.8 Å². The molecular weight excluding hydrogens is 356 g/mol. The molecule has 1 aromatic heterocycles. The summed E-state index contributed by atoms with van der Waals surface area (Å²) in [4.78, 5) is 12.2. The summed E-state index contributed by atoms with van der Waals surface area (Å²) < 4.78 is 6.41. The molecule has 25 heavy (non-hydrogen) atoms. The van der Waals surface area contributed by atoms with Gasteiger partial charge in [-0.1, -0.05) is 49.8 Å². The highest BCUT2D eigenvalue weighted by Crippen LogP contribution is 2.30. The van der Waals surface area contributed by atoms with Gasteiger partial charge in [-0.05, 0) is 31.1 Å². The molecular formula is C17H28N4O2S2. The molecule has 1 saturated heterocycles. The zero-order chi connectivity index (χ0) is 17.6. The molecule has 1 aromatic rings. The number of ether oxygens (including phenoxy) is 1. The molecule has 0 radical (unpaired) electrons. The third-order valence-electron chi connectivity index (χ3n) is 5.29. The van der Waals surface area contributed by atoms with Gasteiger partial charge in [0, 0.05) is 19.2 Å². The molecule has 8 heteroatoms. The molecule has 0 aromatic carbocycles. The minimum Gasteiger partial charge on any atom is -0.376 e. The molecule has 2 aliphatic rings. The normalized spacial score (nSPS) is 29.5. The van der Waals surface area contributed by atoms with E-state index in [1.54, 1.807) is 0 Å². The molecule has 1 saturated carbocycles. The average molecular weight is 385 g/mol. The second kappa shape index (κ2) is 9.19. The number of nitrogens with zero attached hydrogens (tertiary/aromatic N) is 2. The maximum atomic E-state index is 12.2. The average Bonchev–Trinajstić information content (AvgIpc) is 3.27. The van der Waals surface area contributed by atoms with E-state index in [1.165, 1.54) is 35.9 Å². The highest BCUT2D eigenvalue weighted by Gasteiger charge is 2.28. The molecule has 3 rings (SSSR count). The molecule has 0 bridgehead atoms. The summed E-state index contributed by atoms with van der Waals surface area (Å²) in [7, 11) is 0. The zero-order valence-electron chi connectivity index (χ0n) is 15.0. The van der Waals surface area contributed by atoms with Gasteiger partial charge in [0.2, 0.25) is 11.0 Å². The second-order valence-electron chi connectivity index (χ2n) is 7.12. The Labute approximate surface area is 157 Å². The van der Waals surface area contributed by atoms with E-state index >= 15 is 0 Å². The van der Waals surface area contributed by atoms with Crippen LogP contribution in [0.3, 0.4) is 0 Å². The standard InChI is InChI=1S/C17H28N4O2S2/c1-11-5-3-7-14(12(11)2)19-15(22)10-24-17-21-20-16(25-17)18-9-13-6-4-8-23-13/h11-14H,3-10H2,1-2H3,(H,18,20)(H,19,22). The largest absolute Gasteiger partial charge is 0.376 e. The Bertz CT molecular complexity index is 563. The quantitative estimate of drug-likeness (QED) is 0.703. The highest BCUT2D eigenvalue weighted by molar-refractivity contribution is 8.01. The maximum Gasteiger partial charge on any atom is 0.230 e. The van der Waals surface area contributed by atoms with Gasteiger partial charge in [-0.15, -0.1) is 10.2 Å². The van der Waals surface area contributed by atoms with Gasteiger partial charge in [-0.2, -0.15) is 0 Å². The Morgan fingerprint density at radius 1 is 1.28 bits per heavy atom. The lowest BCUT2D eigenvalue weighted by Crippen LogP contribution is -2.44. The summed E-state index contributed by atoms with van der Waals surface area (Å²) in [5.41, 5.74) is 0. The van der Waals surface area contributed by atoms with Crippen LogP contribution in [0.2, 0.25) is 0 Å². The van der Waals surface area contributed by atoms with Crippen molar-refractivity contribution >= 4 is 34.1 Å². The molecule has 1 aliphatic heterocycles. The summed E-state index contributed by atoms with van der Waals surface area (Å²) in [6.07, 6.45) is 6.10. The minimum absolute atomic E-state index is 0.0972. The van der Waals surface area contributed by atoms with Gasteiger partial charge in [0.25, 0.3) is 0 Å². The zero-order valence-corrected chi connectivity index (χ0v) is 16.6. The van der Waals surface area contributed by atoms with Crippen LogP contribution in [0.15, 0.2) is 4.34 Å². The number of hydrogen-bond acceptors (Lipinski definition) is 7. The predicted octanol–water partition coefficient (Wildman–Crippen LogP) is 3.16. The SMILES string of the molecule is CC1CCCC(NC(=O)CSc2nnc(NCC3CCCO3)s2)C1C. The molecule has 140 valence electrons. The van der Waals surface area contributed by atoms with Gasteiger partial charge >= 0.3 is 0 Å². The molecule has 1 amide bonds. The van der Waals surface area contributed by atoms with Crippen LogP contribution >= 0.6 is 23.1 Å². The van der Waals surface area contributed by atoms with Crippen molar-refractivity contribution < 1.29 is 9.53 Å². The van der Waals surface area contributed by atoms with Crippen LogP contribution in [-0.2, 0) is 9.53 Å². The molecule has 2 fully saturated rings. The van der Waals surface area contributed by atoms with Crippen molar-refractivity contribution in [1.29, 1.82) is 0 Å². The van der Waals surface area contributed by atoms with E-state index in [4.69, 9.17) is 4.74 Å². The van der Waals surface area contributed by atoms with Gasteiger partial charge in [-0.3, -0.25) is 4.79 Å². The van der Waals surface area contributed by atoms with Crippen molar-refractivity contribution in [3.63, 3.8) is 0 Å². The van der Waals surface area contributed by atoms with E-state index in [9.17, 15) is 4.79 Å². The molecule has 6 nitrogen and oxygen atoms in total. The minimum atomic E-state index is 0.0972. The number of carbonyl (C=O) groups is 1. The Hall–Kier alpha value is -0.860. The lowest BCUT2D eigenvalue weighted by Gasteiger charge is -2.34. The molecule has 1 aliphatic carbocycles. The highest BCUT2D eigenvalue weighted by atomic mass is 32.2. The van der Waals surface area contributed by atoms with Crippen LogP contribution in [0.5, 0.6) is 0 Å². The Morgan fingerprint density at radius 3 is 2.96 bits per heavy atom. The number of amides is 1. The van der Waals surface area contributed by atoms with Crippen LogP contribution < -0.4 is 10.6 Å². The van der Waals surface area contributed by atoms with Gasteiger partial charge in [-0.25, -0.2) is 0 Å². The van der Waals surface area contributed by atoms with Crippen molar-refractivity contribution in [2.24, 2.45) is 11.8 Å². The van der Waals surface area contributed by atoms with E-state index in [1.807, 2.05) is 0 Å². The van der Waals surface area contributed by atoms with Crippen molar-refractivity contribution in [3.8, 4) is 0 Å². The van der Waals surface area contributed by atoms with Gasteiger partial charge in [0.1, 0.15) is 0 Å². The van der Waals surface area contributed by atoms with Gasteiger partial charge in [0.05, 0.1) is 11.9 Å². The molecule has 0 spiro atoms. The number of aromatic nitrogens is 2. The fraction of sp³-hybridized carbons (Fsp3) is 0.824. The Morgan fingerprint density at radius 2 is 2.16 bits per heavy atom. The van der Waals surface area contributed by atoms with Crippen molar-refractivity contribution in [2.75, 3.05) is 24.2 Å². The van der Waals surface area contributed by atoms with Crippen molar-refractivity contribution in [1.82, 2.24) is 15.5 Å². The number of nitrogens with one attached hydrogen (secondary N) is 2. The molecule has 2 heterocycles. The lowest BCUT2D eigenvalue weighted by molar-refractivity contribution is -0.119. The summed E-state index contributed by atoms with van der Waals surface area (Å²) in [5, 5.41) is 15.6. The second-order valence-corrected chi connectivity index (χ2v) is 9.32. The van der Waals surface area contributed by atoms with Gasteiger partial charge in [0.15, 0.2) is 4.34 Å². The monoisotopic (exact) mass is 384 g/mol. The van der Waals surface area contributed by atoms with E-state index < -0.39 is 0 Å². The summed E-state index contributed by atoms with van der Waals surface area (Å²) in [6.45, 7) is 6.16. The van der Waals surface area contributed by atoms with E-state index in [2.05, 4.69) is 34.7 Å². The first-order chi connectivity index (χ1) is 12.1. The van der Waals surface area contributed by atoms with E-state index in [0.717, 1.165) is 41.9 Å². The molecule has 4 atom stereocenters. The number of thioether (sulfide) groups is 1. The first kappa shape index (κ1) is 18.9. The van der Waals surface area contributed by atoms with Gasteiger partial charge < -0.3 is 15.4 Å². The van der Waals surface area contributed by atoms with Crippen molar-refractivity contribution in [2.45, 2.75) is 62.4 Å². The molecule has 2 N–H and O–H groups in total. The summed E-state index contributed by atoms with van der Waals surface area (Å²) in [6, 6.07) is 0.315.